The molecule has 0 radical (unpaired) electrons. The summed E-state index contributed by atoms with van der Waals surface area (Å²) in [7, 11) is -5.86. The largest absolute Gasteiger partial charge is 0.405 e. The first kappa shape index (κ1) is 35.9. The smallest absolute Gasteiger partial charge is 0.261 e. The maximum absolute atomic E-state index is 7.83. The van der Waals surface area contributed by atoms with E-state index in [4.69, 9.17) is 19.3 Å². The quantitative estimate of drug-likeness (QED) is 0.168. The highest BCUT2D eigenvalue weighted by molar-refractivity contribution is 7.00. The van der Waals surface area contributed by atoms with Crippen LogP contribution in [0, 0.1) is 0 Å². The zero-order valence-corrected chi connectivity index (χ0v) is 32.9. The Balaban J connectivity index is 1.35. The average Bonchev–Trinajstić information content (AvgIpc) is 3.76. The SMILES string of the molecule is CC(C)(C)[Si](OC[C@H]1O[C@@H](n2cnc3c(N)ncnc32)C[C@@H]1O[Si](c1ccccc1)(c1ccccc1)C(C)(C)C)(c1ccccc1)c1ccccc1. The van der Waals surface area contributed by atoms with Crippen molar-refractivity contribution in [1.29, 1.82) is 0 Å². The molecule has 6 aromatic rings. The second-order valence-corrected chi connectivity index (χ2v) is 24.3. The molecule has 0 bridgehead atoms. The number of rotatable bonds is 10. The van der Waals surface area contributed by atoms with Crippen LogP contribution >= 0.6 is 0 Å². The summed E-state index contributed by atoms with van der Waals surface area (Å²) < 4.78 is 24.4. The van der Waals surface area contributed by atoms with Crippen LogP contribution in [0.1, 0.15) is 54.2 Å². The molecule has 0 spiro atoms. The topological polar surface area (TPSA) is 97.3 Å². The molecule has 3 atom stereocenters. The van der Waals surface area contributed by atoms with Crippen molar-refractivity contribution >= 4 is 54.4 Å². The van der Waals surface area contributed by atoms with E-state index >= 15 is 0 Å². The van der Waals surface area contributed by atoms with Gasteiger partial charge in [0.2, 0.25) is 0 Å². The molecule has 52 heavy (non-hydrogen) atoms. The van der Waals surface area contributed by atoms with Crippen LogP contribution in [-0.2, 0) is 13.6 Å². The lowest BCUT2D eigenvalue weighted by atomic mass is 10.2. The molecule has 1 fully saturated rings. The van der Waals surface area contributed by atoms with Crippen molar-refractivity contribution in [2.75, 3.05) is 12.3 Å². The van der Waals surface area contributed by atoms with Crippen LogP contribution < -0.4 is 26.5 Å². The molecule has 268 valence electrons. The Labute approximate surface area is 309 Å². The van der Waals surface area contributed by atoms with E-state index in [1.165, 1.54) is 27.1 Å². The summed E-state index contributed by atoms with van der Waals surface area (Å²) in [5.74, 6) is 0.341. The van der Waals surface area contributed by atoms with Gasteiger partial charge in [0.1, 0.15) is 24.2 Å². The second-order valence-electron chi connectivity index (χ2n) is 15.7. The van der Waals surface area contributed by atoms with Crippen LogP contribution in [-0.4, -0.2) is 55.0 Å². The maximum atomic E-state index is 7.83. The monoisotopic (exact) mass is 727 g/mol. The molecule has 4 aromatic carbocycles. The minimum atomic E-state index is -2.97. The molecule has 2 N–H and O–H groups in total. The zero-order valence-electron chi connectivity index (χ0n) is 30.9. The minimum Gasteiger partial charge on any atom is -0.405 e. The highest BCUT2D eigenvalue weighted by Crippen LogP contribution is 2.43. The van der Waals surface area contributed by atoms with Crippen LogP contribution in [0.2, 0.25) is 10.1 Å². The first-order chi connectivity index (χ1) is 25.0. The fraction of sp³-hybridized carbons (Fsp3) is 0.310. The normalized spacial score (nSPS) is 18.5. The van der Waals surface area contributed by atoms with Gasteiger partial charge in [-0.15, -0.1) is 0 Å². The highest BCUT2D eigenvalue weighted by atomic mass is 28.4. The van der Waals surface area contributed by atoms with Gasteiger partial charge in [-0.1, -0.05) is 163 Å². The summed E-state index contributed by atoms with van der Waals surface area (Å²) in [4.78, 5) is 13.3. The number of nitrogens with two attached hydrogens (primary N) is 1. The predicted molar refractivity (Wildman–Crippen MR) is 214 cm³/mol. The number of ether oxygens (including phenoxy) is 1. The number of nitrogen functional groups attached to an aromatic ring is 1. The van der Waals surface area contributed by atoms with Gasteiger partial charge in [-0.05, 0) is 30.8 Å². The molecular weight excluding hydrogens is 679 g/mol. The van der Waals surface area contributed by atoms with E-state index in [1.54, 1.807) is 6.33 Å². The van der Waals surface area contributed by atoms with Crippen molar-refractivity contribution in [3.63, 3.8) is 0 Å². The van der Waals surface area contributed by atoms with Gasteiger partial charge in [-0.25, -0.2) is 15.0 Å². The lowest BCUT2D eigenvalue weighted by Crippen LogP contribution is -2.69. The van der Waals surface area contributed by atoms with E-state index in [0.29, 0.717) is 30.0 Å². The number of aromatic nitrogens is 4. The molecule has 0 unspecified atom stereocenters. The third-order valence-electron chi connectivity index (χ3n) is 10.5. The predicted octanol–water partition coefficient (Wildman–Crippen LogP) is 6.22. The highest BCUT2D eigenvalue weighted by Gasteiger charge is 2.55. The Kier molecular flexibility index (Phi) is 9.79. The number of anilines is 1. The third-order valence-corrected chi connectivity index (χ3v) is 20.6. The summed E-state index contributed by atoms with van der Waals surface area (Å²) in [5.41, 5.74) is 7.42. The van der Waals surface area contributed by atoms with Gasteiger partial charge in [0.25, 0.3) is 16.6 Å². The number of hydrogen-bond donors (Lipinski definition) is 1. The lowest BCUT2D eigenvalue weighted by molar-refractivity contribution is -0.0372. The van der Waals surface area contributed by atoms with Gasteiger partial charge in [-0.2, -0.15) is 0 Å². The van der Waals surface area contributed by atoms with Gasteiger partial charge in [0.05, 0.1) is 19.0 Å². The van der Waals surface area contributed by atoms with E-state index in [1.807, 2.05) is 4.57 Å². The van der Waals surface area contributed by atoms with E-state index in [-0.39, 0.29) is 16.2 Å². The molecule has 0 saturated carbocycles. The molecule has 10 heteroatoms. The van der Waals surface area contributed by atoms with Crippen LogP contribution in [0.15, 0.2) is 134 Å². The molecular formula is C42H49N5O3Si2. The summed E-state index contributed by atoms with van der Waals surface area (Å²) in [5, 5.41) is 4.47. The number of imidazole rings is 1. The fourth-order valence-electron chi connectivity index (χ4n) is 8.11. The average molecular weight is 728 g/mol. The Bertz CT molecular complexity index is 2010. The molecule has 1 saturated heterocycles. The zero-order chi connectivity index (χ0) is 36.6. The maximum Gasteiger partial charge on any atom is 0.261 e. The van der Waals surface area contributed by atoms with Crippen LogP contribution in [0.3, 0.4) is 0 Å². The molecule has 1 aliphatic rings. The van der Waals surface area contributed by atoms with Crippen LogP contribution in [0.25, 0.3) is 11.2 Å². The van der Waals surface area contributed by atoms with Gasteiger partial charge in [0.15, 0.2) is 11.5 Å². The first-order valence-corrected chi connectivity index (χ1v) is 21.9. The summed E-state index contributed by atoms with van der Waals surface area (Å²) >= 11 is 0. The molecule has 8 nitrogen and oxygen atoms in total. The van der Waals surface area contributed by atoms with Crippen molar-refractivity contribution in [1.82, 2.24) is 19.5 Å². The minimum absolute atomic E-state index is 0.197. The molecule has 7 rings (SSSR count). The third kappa shape index (κ3) is 6.32. The van der Waals surface area contributed by atoms with E-state index in [2.05, 4.69) is 178 Å². The number of nitrogens with zero attached hydrogens (tertiary/aromatic N) is 4. The lowest BCUT2D eigenvalue weighted by Gasteiger charge is -2.46. The fourth-order valence-corrected chi connectivity index (χ4v) is 17.4. The Morgan fingerprint density at radius 3 is 1.60 bits per heavy atom. The van der Waals surface area contributed by atoms with Crippen molar-refractivity contribution < 1.29 is 13.6 Å². The molecule has 3 heterocycles. The van der Waals surface area contributed by atoms with Crippen molar-refractivity contribution in [3.8, 4) is 0 Å². The second kappa shape index (κ2) is 14.2. The summed E-state index contributed by atoms with van der Waals surface area (Å²) in [6.45, 7) is 14.2. The molecule has 1 aliphatic heterocycles. The van der Waals surface area contributed by atoms with Gasteiger partial charge in [-0.3, -0.25) is 4.57 Å². The summed E-state index contributed by atoms with van der Waals surface area (Å²) in [6, 6.07) is 43.0. The van der Waals surface area contributed by atoms with Crippen molar-refractivity contribution in [3.05, 3.63) is 134 Å². The van der Waals surface area contributed by atoms with Crippen molar-refractivity contribution in [2.24, 2.45) is 0 Å². The van der Waals surface area contributed by atoms with Gasteiger partial charge < -0.3 is 19.3 Å². The molecule has 2 aromatic heterocycles. The Morgan fingerprint density at radius 2 is 1.13 bits per heavy atom. The number of fused-ring (bicyclic) bond motifs is 1. The standard InChI is InChI=1S/C42H49N5O3Si2/c1-41(2,3)51(31-19-11-7-12-20-31,32-21-13-8-14-22-32)48-28-36-35(27-37(49-36)47-30-46-38-39(43)44-29-45-40(38)47)50-52(42(4,5)6,33-23-15-9-16-24-33)34-25-17-10-18-26-34/h7-26,29-30,35-37H,27-28H2,1-6H3,(H2,43,44,45)/t35-,36+,37+/m0/s1. The van der Waals surface area contributed by atoms with E-state index in [9.17, 15) is 0 Å². The Morgan fingerprint density at radius 1 is 0.673 bits per heavy atom. The van der Waals surface area contributed by atoms with Crippen LogP contribution in [0.5, 0.6) is 0 Å². The Hall–Kier alpha value is -4.46. The first-order valence-electron chi connectivity index (χ1n) is 18.1. The number of benzene rings is 4. The van der Waals surface area contributed by atoms with Crippen LogP contribution in [0.4, 0.5) is 5.82 Å². The van der Waals surface area contributed by atoms with E-state index in [0.717, 1.165) is 0 Å². The number of hydrogen-bond acceptors (Lipinski definition) is 7. The van der Waals surface area contributed by atoms with Gasteiger partial charge in [0, 0.05) is 6.42 Å². The molecule has 0 aliphatic carbocycles. The van der Waals surface area contributed by atoms with Crippen molar-refractivity contribution in [2.45, 2.75) is 76.5 Å². The van der Waals surface area contributed by atoms with E-state index < -0.39 is 29.0 Å². The van der Waals surface area contributed by atoms with Gasteiger partial charge >= 0.3 is 0 Å². The summed E-state index contributed by atoms with van der Waals surface area (Å²) in [6.07, 6.45) is 2.69. The molecule has 0 amide bonds.